The first-order valence-electron chi connectivity index (χ1n) is 5.53. The molecule has 1 heterocycles. The lowest BCUT2D eigenvalue weighted by atomic mass is 10.5. The molecule has 0 aliphatic heterocycles. The van der Waals surface area contributed by atoms with Crippen LogP contribution in [0.5, 0.6) is 0 Å². The van der Waals surface area contributed by atoms with Gasteiger partial charge in [-0.3, -0.25) is 4.79 Å². The molecule has 0 aliphatic carbocycles. The van der Waals surface area contributed by atoms with Gasteiger partial charge in [-0.25, -0.2) is 18.1 Å². The average molecular weight is 323 g/mol. The van der Waals surface area contributed by atoms with Gasteiger partial charge in [-0.2, -0.15) is 0 Å². The Morgan fingerprint density at radius 1 is 1.55 bits per heavy atom. The molecular formula is C10H15ClN4O4S. The van der Waals surface area contributed by atoms with Gasteiger partial charge in [0, 0.05) is 19.9 Å². The maximum absolute atomic E-state index is 11.9. The van der Waals surface area contributed by atoms with Gasteiger partial charge in [-0.1, -0.05) is 11.6 Å². The molecule has 0 spiro atoms. The van der Waals surface area contributed by atoms with Crippen molar-refractivity contribution in [2.24, 2.45) is 0 Å². The molecule has 0 saturated carbocycles. The van der Waals surface area contributed by atoms with E-state index in [1.165, 1.54) is 7.11 Å². The zero-order chi connectivity index (χ0) is 15.2. The molecule has 0 aromatic carbocycles. The van der Waals surface area contributed by atoms with E-state index in [1.54, 1.807) is 0 Å². The third-order valence-corrected chi connectivity index (χ3v) is 3.88. The summed E-state index contributed by atoms with van der Waals surface area (Å²) < 4.78 is 30.6. The lowest BCUT2D eigenvalue weighted by Gasteiger charge is -2.08. The second-order valence-electron chi connectivity index (χ2n) is 3.71. The van der Waals surface area contributed by atoms with Gasteiger partial charge in [0.1, 0.15) is 10.7 Å². The summed E-state index contributed by atoms with van der Waals surface area (Å²) in [6, 6.07) is 1.16. The normalized spacial score (nSPS) is 11.3. The predicted octanol–water partition coefficient (Wildman–Crippen LogP) is -0.642. The van der Waals surface area contributed by atoms with E-state index in [-0.39, 0.29) is 15.7 Å². The van der Waals surface area contributed by atoms with Gasteiger partial charge in [-0.05, 0) is 6.07 Å². The molecule has 10 heteroatoms. The fourth-order valence-corrected chi connectivity index (χ4v) is 2.36. The van der Waals surface area contributed by atoms with Crippen molar-refractivity contribution >= 4 is 33.3 Å². The Labute approximate surface area is 121 Å². The van der Waals surface area contributed by atoms with Gasteiger partial charge in [0.25, 0.3) is 0 Å². The van der Waals surface area contributed by atoms with E-state index in [0.717, 1.165) is 12.3 Å². The van der Waals surface area contributed by atoms with E-state index in [9.17, 15) is 13.2 Å². The number of ether oxygens (including phenoxy) is 1. The minimum absolute atomic E-state index is 0.0254. The van der Waals surface area contributed by atoms with Gasteiger partial charge >= 0.3 is 0 Å². The number of nitrogens with zero attached hydrogens (tertiary/aromatic N) is 1. The summed E-state index contributed by atoms with van der Waals surface area (Å²) in [6.45, 7) is 0.246. The number of carbonyl (C=O) groups excluding carboxylic acids is 1. The molecule has 0 unspecified atom stereocenters. The number of aromatic nitrogens is 1. The first-order chi connectivity index (χ1) is 9.36. The summed E-state index contributed by atoms with van der Waals surface area (Å²) in [5.74, 6) is -0.442. The van der Waals surface area contributed by atoms with Crippen LogP contribution in [-0.2, 0) is 19.6 Å². The third kappa shape index (κ3) is 4.93. The summed E-state index contributed by atoms with van der Waals surface area (Å²) >= 11 is 5.69. The van der Waals surface area contributed by atoms with Crippen LogP contribution in [0.2, 0.25) is 5.02 Å². The largest absolute Gasteiger partial charge is 0.383 e. The molecule has 1 aromatic heterocycles. The SMILES string of the molecule is COCCNC(=O)CNS(=O)(=O)c1cnc(N)c(Cl)c1. The number of halogens is 1. The number of anilines is 1. The second-order valence-corrected chi connectivity index (χ2v) is 5.88. The van der Waals surface area contributed by atoms with Gasteiger partial charge in [0.05, 0.1) is 18.2 Å². The van der Waals surface area contributed by atoms with Gasteiger partial charge in [0.15, 0.2) is 0 Å². The lowest BCUT2D eigenvalue weighted by Crippen LogP contribution is -2.38. The topological polar surface area (TPSA) is 123 Å². The van der Waals surface area contributed by atoms with Crippen LogP contribution >= 0.6 is 11.6 Å². The van der Waals surface area contributed by atoms with Crippen LogP contribution in [0.25, 0.3) is 0 Å². The van der Waals surface area contributed by atoms with Crippen LogP contribution in [0.15, 0.2) is 17.2 Å². The fourth-order valence-electron chi connectivity index (χ4n) is 1.18. The van der Waals surface area contributed by atoms with Crippen LogP contribution in [-0.4, -0.2) is 46.1 Å². The molecule has 0 saturated heterocycles. The lowest BCUT2D eigenvalue weighted by molar-refractivity contribution is -0.120. The molecule has 0 radical (unpaired) electrons. The molecule has 0 aliphatic rings. The van der Waals surface area contributed by atoms with E-state index >= 15 is 0 Å². The van der Waals surface area contributed by atoms with Crippen molar-refractivity contribution in [1.82, 2.24) is 15.0 Å². The van der Waals surface area contributed by atoms with Gasteiger partial charge in [0.2, 0.25) is 15.9 Å². The number of nitrogen functional groups attached to an aromatic ring is 1. The van der Waals surface area contributed by atoms with Crippen molar-refractivity contribution in [2.75, 3.05) is 32.5 Å². The first kappa shape index (κ1) is 16.6. The molecule has 1 rings (SSSR count). The summed E-state index contributed by atoms with van der Waals surface area (Å²) in [5, 5.41) is 2.50. The second kappa shape index (κ2) is 7.39. The third-order valence-electron chi connectivity index (χ3n) is 2.21. The van der Waals surface area contributed by atoms with Crippen molar-refractivity contribution in [3.05, 3.63) is 17.3 Å². The monoisotopic (exact) mass is 322 g/mol. The number of rotatable bonds is 7. The highest BCUT2D eigenvalue weighted by molar-refractivity contribution is 7.89. The number of methoxy groups -OCH3 is 1. The molecule has 4 N–H and O–H groups in total. The number of nitrogens with one attached hydrogen (secondary N) is 2. The standard InChI is InChI=1S/C10H15ClN4O4S/c1-19-3-2-13-9(16)6-15-20(17,18)7-4-8(11)10(12)14-5-7/h4-5,15H,2-3,6H2,1H3,(H2,12,14)(H,13,16). The average Bonchev–Trinajstić information content (AvgIpc) is 2.40. The first-order valence-corrected chi connectivity index (χ1v) is 7.39. The number of sulfonamides is 1. The van der Waals surface area contributed by atoms with Crippen LogP contribution in [0, 0.1) is 0 Å². The zero-order valence-corrected chi connectivity index (χ0v) is 12.3. The maximum atomic E-state index is 11.9. The fraction of sp³-hybridized carbons (Fsp3) is 0.400. The molecule has 8 nitrogen and oxygen atoms in total. The smallest absolute Gasteiger partial charge is 0.242 e. The van der Waals surface area contributed by atoms with Crippen LogP contribution in [0.3, 0.4) is 0 Å². The molecule has 0 fully saturated rings. The van der Waals surface area contributed by atoms with Crippen molar-refractivity contribution in [3.63, 3.8) is 0 Å². The Morgan fingerprint density at radius 3 is 2.85 bits per heavy atom. The van der Waals surface area contributed by atoms with Crippen LogP contribution in [0.4, 0.5) is 5.82 Å². The maximum Gasteiger partial charge on any atom is 0.242 e. The molecule has 112 valence electrons. The highest BCUT2D eigenvalue weighted by Crippen LogP contribution is 2.19. The molecule has 1 amide bonds. The minimum atomic E-state index is -3.87. The van der Waals surface area contributed by atoms with Gasteiger partial charge < -0.3 is 15.8 Å². The summed E-state index contributed by atoms with van der Waals surface area (Å²) in [5.41, 5.74) is 5.39. The predicted molar refractivity (Wildman–Crippen MR) is 73.7 cm³/mol. The van der Waals surface area contributed by atoms with Crippen molar-refractivity contribution in [1.29, 1.82) is 0 Å². The summed E-state index contributed by atoms with van der Waals surface area (Å²) in [4.78, 5) is 14.8. The molecule has 20 heavy (non-hydrogen) atoms. The van der Waals surface area contributed by atoms with E-state index < -0.39 is 22.5 Å². The Balaban J connectivity index is 2.61. The quantitative estimate of drug-likeness (QED) is 0.574. The number of hydrogen-bond donors (Lipinski definition) is 3. The number of amides is 1. The Morgan fingerprint density at radius 2 is 2.25 bits per heavy atom. The highest BCUT2D eigenvalue weighted by atomic mass is 35.5. The number of nitrogens with two attached hydrogens (primary N) is 1. The zero-order valence-electron chi connectivity index (χ0n) is 10.7. The van der Waals surface area contributed by atoms with Crippen molar-refractivity contribution < 1.29 is 17.9 Å². The van der Waals surface area contributed by atoms with Crippen LogP contribution < -0.4 is 15.8 Å². The summed E-state index contributed by atoms with van der Waals surface area (Å²) in [6.07, 6.45) is 1.06. The van der Waals surface area contributed by atoms with Gasteiger partial charge in [-0.15, -0.1) is 0 Å². The van der Waals surface area contributed by atoms with E-state index in [1.807, 2.05) is 0 Å². The molecular weight excluding hydrogens is 308 g/mol. The Kier molecular flexibility index (Phi) is 6.14. The minimum Gasteiger partial charge on any atom is -0.383 e. The molecule has 1 aromatic rings. The highest BCUT2D eigenvalue weighted by Gasteiger charge is 2.17. The Bertz CT molecular complexity index is 579. The number of pyridine rings is 1. The van der Waals surface area contributed by atoms with Crippen molar-refractivity contribution in [2.45, 2.75) is 4.90 Å². The van der Waals surface area contributed by atoms with E-state index in [2.05, 4.69) is 15.0 Å². The summed E-state index contributed by atoms with van der Waals surface area (Å²) in [7, 11) is -2.38. The number of carbonyl (C=O) groups is 1. The Hall–Kier alpha value is -1.42. The van der Waals surface area contributed by atoms with E-state index in [4.69, 9.17) is 22.1 Å². The van der Waals surface area contributed by atoms with Crippen LogP contribution in [0.1, 0.15) is 0 Å². The van der Waals surface area contributed by atoms with E-state index in [0.29, 0.717) is 13.2 Å². The molecule has 0 bridgehead atoms. The van der Waals surface area contributed by atoms with Crippen molar-refractivity contribution in [3.8, 4) is 0 Å². The molecule has 0 atom stereocenters. The number of hydrogen-bond acceptors (Lipinski definition) is 6.